The van der Waals surface area contributed by atoms with Gasteiger partial charge in [0.2, 0.25) is 0 Å². The van der Waals surface area contributed by atoms with Crippen molar-refractivity contribution in [3.05, 3.63) is 132 Å². The summed E-state index contributed by atoms with van der Waals surface area (Å²) in [5.74, 6) is -0.258. The molecule has 1 atom stereocenters. The molecule has 3 aromatic carbocycles. The maximum Gasteiger partial charge on any atom is 0.338 e. The summed E-state index contributed by atoms with van der Waals surface area (Å²) in [5.41, 5.74) is 3.70. The van der Waals surface area contributed by atoms with Gasteiger partial charge in [-0.1, -0.05) is 71.5 Å². The quantitative estimate of drug-likeness (QED) is 0.314. The molecule has 0 aliphatic carbocycles. The molecule has 0 bridgehead atoms. The second-order valence-corrected chi connectivity index (χ2v) is 10.2. The van der Waals surface area contributed by atoms with Crippen LogP contribution in [0.5, 0.6) is 5.75 Å². The predicted octanol–water partition coefficient (Wildman–Crippen LogP) is 4.82. The molecule has 0 saturated heterocycles. The Kier molecular flexibility index (Phi) is 7.56. The molecule has 0 saturated carbocycles. The highest BCUT2D eigenvalue weighted by atomic mass is 32.1. The number of halogens is 1. The first-order valence-electron chi connectivity index (χ1n) is 12.6. The van der Waals surface area contributed by atoms with Crippen LogP contribution in [0.1, 0.15) is 42.1 Å². The molecule has 6 nitrogen and oxygen atoms in total. The topological polar surface area (TPSA) is 69.9 Å². The van der Waals surface area contributed by atoms with Gasteiger partial charge in [0.05, 0.1) is 28.5 Å². The molecule has 0 amide bonds. The first-order valence-corrected chi connectivity index (χ1v) is 13.4. The molecular formula is C31H27FN2O4S. The number of thiazole rings is 1. The van der Waals surface area contributed by atoms with Crippen molar-refractivity contribution in [2.24, 2.45) is 4.99 Å². The Bertz CT molecular complexity index is 1750. The third-order valence-electron chi connectivity index (χ3n) is 6.42. The lowest BCUT2D eigenvalue weighted by Crippen LogP contribution is -2.39. The molecule has 0 fully saturated rings. The first-order chi connectivity index (χ1) is 18.9. The molecule has 4 aromatic rings. The minimum atomic E-state index is -0.654. The zero-order chi connectivity index (χ0) is 27.5. The number of carbonyl (C=O) groups excluding carboxylic acids is 1. The van der Waals surface area contributed by atoms with E-state index in [1.54, 1.807) is 54.8 Å². The zero-order valence-corrected chi connectivity index (χ0v) is 22.6. The lowest BCUT2D eigenvalue weighted by molar-refractivity contribution is -0.139. The van der Waals surface area contributed by atoms with E-state index in [4.69, 9.17) is 9.47 Å². The van der Waals surface area contributed by atoms with Crippen LogP contribution in [-0.2, 0) is 16.1 Å². The molecule has 8 heteroatoms. The maximum atomic E-state index is 14.0. The van der Waals surface area contributed by atoms with Gasteiger partial charge in [0, 0.05) is 5.56 Å². The van der Waals surface area contributed by atoms with Gasteiger partial charge >= 0.3 is 5.97 Å². The van der Waals surface area contributed by atoms with Gasteiger partial charge < -0.3 is 9.47 Å². The summed E-state index contributed by atoms with van der Waals surface area (Å²) in [6, 6.07) is 20.8. The standard InChI is InChI=1S/C31H27FN2O4S/c1-4-37-30(36)27-20(3)33-31-34(28(27)22-14-12-19(2)13-15-22)29(35)26(39-31)17-21-8-7-10-24(16-21)38-18-23-9-5-6-11-25(23)32/h5-17,28H,4,18H2,1-3H3/b26-17-/t28-/m1/s1. The van der Waals surface area contributed by atoms with Crippen molar-refractivity contribution in [1.82, 2.24) is 4.57 Å². The second-order valence-electron chi connectivity index (χ2n) is 9.17. The van der Waals surface area contributed by atoms with Gasteiger partial charge in [0.1, 0.15) is 18.2 Å². The van der Waals surface area contributed by atoms with Gasteiger partial charge in [-0.05, 0) is 56.2 Å². The average Bonchev–Trinajstić information content (AvgIpc) is 3.22. The monoisotopic (exact) mass is 542 g/mol. The first kappa shape index (κ1) is 26.3. The van der Waals surface area contributed by atoms with Gasteiger partial charge in [-0.25, -0.2) is 14.2 Å². The molecular weight excluding hydrogens is 515 g/mol. The fourth-order valence-corrected chi connectivity index (χ4v) is 5.52. The Hall–Kier alpha value is -4.30. The number of rotatable bonds is 7. The molecule has 5 rings (SSSR count). The predicted molar refractivity (Wildman–Crippen MR) is 149 cm³/mol. The van der Waals surface area contributed by atoms with Gasteiger partial charge in [-0.2, -0.15) is 0 Å². The van der Waals surface area contributed by atoms with E-state index in [-0.39, 0.29) is 24.6 Å². The molecule has 0 unspecified atom stereocenters. The van der Waals surface area contributed by atoms with Crippen LogP contribution in [0.3, 0.4) is 0 Å². The minimum Gasteiger partial charge on any atom is -0.489 e. The van der Waals surface area contributed by atoms with Crippen LogP contribution in [0, 0.1) is 12.7 Å². The summed E-state index contributed by atoms with van der Waals surface area (Å²) in [6.45, 7) is 5.80. The Labute approximate surface area is 229 Å². The minimum absolute atomic E-state index is 0.0881. The SMILES string of the molecule is CCOC(=O)C1=C(C)N=c2s/c(=C\c3cccc(OCc4ccccc4F)c3)c(=O)n2[C@@H]1c1ccc(C)cc1. The average molecular weight is 543 g/mol. The van der Waals surface area contributed by atoms with Crippen LogP contribution in [0.15, 0.2) is 93.9 Å². The maximum absolute atomic E-state index is 14.0. The van der Waals surface area contributed by atoms with E-state index in [1.165, 1.54) is 17.4 Å². The van der Waals surface area contributed by atoms with E-state index in [2.05, 4.69) is 4.99 Å². The Morgan fingerprint density at radius 3 is 2.59 bits per heavy atom. The van der Waals surface area contributed by atoms with Crippen molar-refractivity contribution in [2.45, 2.75) is 33.4 Å². The van der Waals surface area contributed by atoms with Crippen molar-refractivity contribution < 1.29 is 18.7 Å². The molecule has 39 heavy (non-hydrogen) atoms. The number of hydrogen-bond acceptors (Lipinski definition) is 6. The Morgan fingerprint density at radius 2 is 1.85 bits per heavy atom. The second kappa shape index (κ2) is 11.2. The Morgan fingerprint density at radius 1 is 1.08 bits per heavy atom. The summed E-state index contributed by atoms with van der Waals surface area (Å²) in [4.78, 5) is 31.9. The number of aromatic nitrogens is 1. The van der Waals surface area contributed by atoms with Crippen LogP contribution < -0.4 is 19.6 Å². The van der Waals surface area contributed by atoms with E-state index in [0.717, 1.165) is 16.7 Å². The van der Waals surface area contributed by atoms with E-state index < -0.39 is 12.0 Å². The summed E-state index contributed by atoms with van der Waals surface area (Å²) in [6.07, 6.45) is 1.77. The fourth-order valence-electron chi connectivity index (χ4n) is 4.48. The zero-order valence-electron chi connectivity index (χ0n) is 21.8. The summed E-state index contributed by atoms with van der Waals surface area (Å²) in [7, 11) is 0. The molecule has 1 aliphatic rings. The summed E-state index contributed by atoms with van der Waals surface area (Å²) >= 11 is 1.26. The summed E-state index contributed by atoms with van der Waals surface area (Å²) in [5, 5.41) is 0. The third-order valence-corrected chi connectivity index (χ3v) is 7.40. The van der Waals surface area contributed by atoms with Crippen LogP contribution in [-0.4, -0.2) is 17.1 Å². The molecule has 1 aliphatic heterocycles. The molecule has 0 radical (unpaired) electrons. The van der Waals surface area contributed by atoms with Crippen LogP contribution in [0.25, 0.3) is 6.08 Å². The van der Waals surface area contributed by atoms with Crippen molar-refractivity contribution in [2.75, 3.05) is 6.61 Å². The van der Waals surface area contributed by atoms with Gasteiger partial charge in [0.15, 0.2) is 4.80 Å². The molecule has 0 N–H and O–H groups in total. The lowest BCUT2D eigenvalue weighted by atomic mass is 9.95. The van der Waals surface area contributed by atoms with Crippen molar-refractivity contribution in [3.8, 4) is 5.75 Å². The lowest BCUT2D eigenvalue weighted by Gasteiger charge is -2.24. The highest BCUT2D eigenvalue weighted by Gasteiger charge is 2.33. The van der Waals surface area contributed by atoms with E-state index in [0.29, 0.717) is 31.9 Å². The molecule has 1 aromatic heterocycles. The van der Waals surface area contributed by atoms with Crippen LogP contribution in [0.4, 0.5) is 4.39 Å². The number of esters is 1. The molecule has 2 heterocycles. The fraction of sp³-hybridized carbons (Fsp3) is 0.194. The van der Waals surface area contributed by atoms with Gasteiger partial charge in [0.25, 0.3) is 5.56 Å². The highest BCUT2D eigenvalue weighted by Crippen LogP contribution is 2.30. The van der Waals surface area contributed by atoms with Gasteiger partial charge in [-0.15, -0.1) is 0 Å². The third kappa shape index (κ3) is 5.47. The van der Waals surface area contributed by atoms with E-state index in [9.17, 15) is 14.0 Å². The van der Waals surface area contributed by atoms with Crippen molar-refractivity contribution in [1.29, 1.82) is 0 Å². The van der Waals surface area contributed by atoms with E-state index >= 15 is 0 Å². The number of carbonyl (C=O) groups is 1. The number of benzene rings is 3. The number of ether oxygens (including phenoxy) is 2. The van der Waals surface area contributed by atoms with E-state index in [1.807, 2.05) is 43.3 Å². The summed E-state index contributed by atoms with van der Waals surface area (Å²) < 4.78 is 27.2. The number of allylic oxidation sites excluding steroid dienone is 1. The normalized spacial score (nSPS) is 15.1. The molecule has 0 spiro atoms. The largest absolute Gasteiger partial charge is 0.489 e. The Balaban J connectivity index is 1.55. The molecule has 198 valence electrons. The smallest absolute Gasteiger partial charge is 0.338 e. The van der Waals surface area contributed by atoms with Crippen LogP contribution >= 0.6 is 11.3 Å². The number of aryl methyl sites for hydroxylation is 1. The van der Waals surface area contributed by atoms with Crippen LogP contribution in [0.2, 0.25) is 0 Å². The number of hydrogen-bond donors (Lipinski definition) is 0. The number of nitrogens with zero attached hydrogens (tertiary/aromatic N) is 2. The van der Waals surface area contributed by atoms with Gasteiger partial charge in [-0.3, -0.25) is 9.36 Å². The van der Waals surface area contributed by atoms with Crippen molar-refractivity contribution in [3.63, 3.8) is 0 Å². The highest BCUT2D eigenvalue weighted by molar-refractivity contribution is 7.07. The van der Waals surface area contributed by atoms with Crippen molar-refractivity contribution >= 4 is 23.4 Å². The number of fused-ring (bicyclic) bond motifs is 1.